The van der Waals surface area contributed by atoms with Gasteiger partial charge in [-0.2, -0.15) is 0 Å². The predicted octanol–water partition coefficient (Wildman–Crippen LogP) is 5.40. The molecule has 0 saturated heterocycles. The first-order chi connectivity index (χ1) is 12.3. The molecular weight excluding hydrogens is 432 g/mol. The van der Waals surface area contributed by atoms with Gasteiger partial charge in [-0.05, 0) is 40.2 Å². The molecule has 0 atom stereocenters. The van der Waals surface area contributed by atoms with E-state index in [-0.39, 0.29) is 11.3 Å². The van der Waals surface area contributed by atoms with Crippen LogP contribution in [0.5, 0.6) is 0 Å². The van der Waals surface area contributed by atoms with Crippen molar-refractivity contribution in [2.24, 2.45) is 0 Å². The van der Waals surface area contributed by atoms with Gasteiger partial charge in [0.1, 0.15) is 10.0 Å². The highest BCUT2D eigenvalue weighted by molar-refractivity contribution is 9.10. The van der Waals surface area contributed by atoms with Gasteiger partial charge in [0.2, 0.25) is 5.13 Å². The van der Waals surface area contributed by atoms with Gasteiger partial charge in [0.25, 0.3) is 5.91 Å². The number of amides is 1. The van der Waals surface area contributed by atoms with Crippen LogP contribution in [0.15, 0.2) is 57.0 Å². The van der Waals surface area contributed by atoms with Crippen LogP contribution < -0.4 is 5.32 Å². The molecule has 2 aromatic heterocycles. The van der Waals surface area contributed by atoms with Crippen LogP contribution in [-0.4, -0.2) is 21.1 Å². The normalized spacial score (nSPS) is 11.4. The zero-order valence-electron chi connectivity index (χ0n) is 14.5. The average Bonchev–Trinajstić information content (AvgIpc) is 3.06. The smallest absolute Gasteiger partial charge is 0.258 e. The highest BCUT2D eigenvalue weighted by Gasteiger charge is 2.21. The Labute approximate surface area is 168 Å². The molecule has 0 unspecified atom stereocenters. The van der Waals surface area contributed by atoms with E-state index in [1.165, 1.54) is 23.1 Å². The van der Waals surface area contributed by atoms with Crippen molar-refractivity contribution in [3.63, 3.8) is 0 Å². The summed E-state index contributed by atoms with van der Waals surface area (Å²) in [6.07, 6.45) is 1.74. The zero-order chi connectivity index (χ0) is 18.7. The Hall–Kier alpha value is -1.77. The minimum atomic E-state index is -0.207. The highest BCUT2D eigenvalue weighted by atomic mass is 79.9. The Morgan fingerprint density at radius 1 is 1.15 bits per heavy atom. The zero-order valence-corrected chi connectivity index (χ0v) is 17.7. The molecule has 0 spiro atoms. The molecule has 1 N–H and O–H groups in total. The summed E-state index contributed by atoms with van der Waals surface area (Å²) in [5.74, 6) is -0.207. The second-order valence-corrected chi connectivity index (χ2v) is 9.48. The molecule has 1 amide bonds. The maximum Gasteiger partial charge on any atom is 0.258 e. The molecule has 2 heterocycles. The summed E-state index contributed by atoms with van der Waals surface area (Å²) in [7, 11) is 0. The molecule has 0 aliphatic rings. The first-order valence-electron chi connectivity index (χ1n) is 7.87. The lowest BCUT2D eigenvalue weighted by atomic mass is 9.98. The molecule has 0 saturated carbocycles. The third-order valence-electron chi connectivity index (χ3n) is 3.33. The summed E-state index contributed by atoms with van der Waals surface area (Å²) in [6.45, 7) is 6.20. The minimum Gasteiger partial charge on any atom is -0.296 e. The van der Waals surface area contributed by atoms with Crippen molar-refractivity contribution in [3.05, 3.63) is 57.6 Å². The summed E-state index contributed by atoms with van der Waals surface area (Å²) in [4.78, 5) is 17.9. The fourth-order valence-electron chi connectivity index (χ4n) is 2.02. The number of nitrogens with one attached hydrogen (secondary N) is 1. The molecule has 26 heavy (non-hydrogen) atoms. The molecule has 0 aliphatic heterocycles. The highest BCUT2D eigenvalue weighted by Crippen LogP contribution is 2.31. The van der Waals surface area contributed by atoms with E-state index in [1.807, 2.05) is 30.3 Å². The summed E-state index contributed by atoms with van der Waals surface area (Å²) in [5, 5.41) is 13.3. The maximum atomic E-state index is 12.7. The summed E-state index contributed by atoms with van der Waals surface area (Å²) >= 11 is 6.22. The molecule has 134 valence electrons. The second-order valence-electron chi connectivity index (χ2n) is 6.53. The van der Waals surface area contributed by atoms with Crippen LogP contribution in [0, 0.1) is 0 Å². The van der Waals surface area contributed by atoms with E-state index >= 15 is 0 Å². The fraction of sp³-hybridized carbons (Fsp3) is 0.222. The van der Waals surface area contributed by atoms with E-state index in [0.29, 0.717) is 10.7 Å². The van der Waals surface area contributed by atoms with Crippen LogP contribution in [0.2, 0.25) is 0 Å². The molecule has 0 aliphatic carbocycles. The van der Waals surface area contributed by atoms with Crippen LogP contribution in [0.1, 0.15) is 36.1 Å². The number of hydrogen-bond donors (Lipinski definition) is 1. The molecule has 3 aromatic rings. The van der Waals surface area contributed by atoms with Crippen molar-refractivity contribution >= 4 is 50.1 Å². The van der Waals surface area contributed by atoms with E-state index in [2.05, 4.69) is 57.2 Å². The average molecular weight is 449 g/mol. The Morgan fingerprint density at radius 3 is 2.58 bits per heavy atom. The molecule has 0 fully saturated rings. The lowest BCUT2D eigenvalue weighted by Crippen LogP contribution is -2.12. The molecule has 5 nitrogen and oxygen atoms in total. The number of rotatable bonds is 4. The Kier molecular flexibility index (Phi) is 5.74. The van der Waals surface area contributed by atoms with E-state index in [1.54, 1.807) is 12.3 Å². The van der Waals surface area contributed by atoms with Crippen molar-refractivity contribution in [2.75, 3.05) is 5.32 Å². The molecule has 1 aromatic carbocycles. The van der Waals surface area contributed by atoms with Gasteiger partial charge in [0.05, 0.1) is 5.56 Å². The van der Waals surface area contributed by atoms with Crippen LogP contribution in [0.4, 0.5) is 5.13 Å². The molecule has 8 heteroatoms. The number of anilines is 1. The number of nitrogens with zero attached hydrogens (tertiary/aromatic N) is 3. The standard InChI is InChI=1S/C18H17BrN4OS2/c1-18(2,3)16-22-23-17(26-16)21-15(24)12-6-4-5-7-13(12)25-14-9-8-11(19)10-20-14/h4-10H,1-3H3,(H,21,23,24). The third kappa shape index (κ3) is 4.69. The quantitative estimate of drug-likeness (QED) is 0.578. The third-order valence-corrected chi connectivity index (χ3v) is 6.09. The Balaban J connectivity index is 1.79. The van der Waals surface area contributed by atoms with Gasteiger partial charge in [0, 0.05) is 21.0 Å². The van der Waals surface area contributed by atoms with E-state index in [4.69, 9.17) is 0 Å². The fourth-order valence-corrected chi connectivity index (χ4v) is 3.93. The lowest BCUT2D eigenvalue weighted by Gasteiger charge is -2.12. The van der Waals surface area contributed by atoms with Gasteiger partial charge in [-0.15, -0.1) is 10.2 Å². The van der Waals surface area contributed by atoms with Crippen molar-refractivity contribution in [3.8, 4) is 0 Å². The summed E-state index contributed by atoms with van der Waals surface area (Å²) < 4.78 is 0.916. The lowest BCUT2D eigenvalue weighted by molar-refractivity contribution is 0.102. The van der Waals surface area contributed by atoms with Gasteiger partial charge in [-0.3, -0.25) is 10.1 Å². The summed E-state index contributed by atoms with van der Waals surface area (Å²) in [5.41, 5.74) is 0.483. The first-order valence-corrected chi connectivity index (χ1v) is 10.3. The van der Waals surface area contributed by atoms with E-state index in [0.717, 1.165) is 19.4 Å². The van der Waals surface area contributed by atoms with Crippen LogP contribution >= 0.6 is 39.0 Å². The van der Waals surface area contributed by atoms with Gasteiger partial charge < -0.3 is 0 Å². The number of carbonyl (C=O) groups excluding carboxylic acids is 1. The predicted molar refractivity (Wildman–Crippen MR) is 109 cm³/mol. The molecule has 0 radical (unpaired) electrons. The van der Waals surface area contributed by atoms with E-state index in [9.17, 15) is 4.79 Å². The van der Waals surface area contributed by atoms with Crippen LogP contribution in [0.25, 0.3) is 0 Å². The van der Waals surface area contributed by atoms with Gasteiger partial charge >= 0.3 is 0 Å². The second kappa shape index (κ2) is 7.85. The summed E-state index contributed by atoms with van der Waals surface area (Å²) in [6, 6.07) is 11.3. The number of hydrogen-bond acceptors (Lipinski definition) is 6. The largest absolute Gasteiger partial charge is 0.296 e. The Bertz CT molecular complexity index is 919. The number of benzene rings is 1. The van der Waals surface area contributed by atoms with E-state index < -0.39 is 0 Å². The number of pyridine rings is 1. The van der Waals surface area contributed by atoms with Crippen molar-refractivity contribution in [2.45, 2.75) is 36.1 Å². The van der Waals surface area contributed by atoms with Crippen molar-refractivity contribution in [1.82, 2.24) is 15.2 Å². The van der Waals surface area contributed by atoms with Crippen LogP contribution in [-0.2, 0) is 5.41 Å². The minimum absolute atomic E-state index is 0.0956. The molecule has 3 rings (SSSR count). The number of aromatic nitrogens is 3. The van der Waals surface area contributed by atoms with Crippen molar-refractivity contribution in [1.29, 1.82) is 0 Å². The van der Waals surface area contributed by atoms with Gasteiger partial charge in [-0.1, -0.05) is 56.0 Å². The SMILES string of the molecule is CC(C)(C)c1nnc(NC(=O)c2ccccc2Sc2ccc(Br)cn2)s1. The number of halogens is 1. The van der Waals surface area contributed by atoms with Crippen molar-refractivity contribution < 1.29 is 4.79 Å². The first kappa shape index (κ1) is 19.0. The van der Waals surface area contributed by atoms with Gasteiger partial charge in [0.15, 0.2) is 0 Å². The number of carbonyl (C=O) groups is 1. The maximum absolute atomic E-state index is 12.7. The topological polar surface area (TPSA) is 67.8 Å². The van der Waals surface area contributed by atoms with Crippen LogP contribution in [0.3, 0.4) is 0 Å². The Morgan fingerprint density at radius 2 is 1.92 bits per heavy atom. The van der Waals surface area contributed by atoms with Gasteiger partial charge in [-0.25, -0.2) is 4.98 Å². The molecular formula is C18H17BrN4OS2. The monoisotopic (exact) mass is 448 g/mol. The molecule has 0 bridgehead atoms.